The number of nitrogens with zero attached hydrogens (tertiary/aromatic N) is 1. The molecule has 5 nitrogen and oxygen atoms in total. The molecule has 1 aliphatic heterocycles. The summed E-state index contributed by atoms with van der Waals surface area (Å²) in [5.41, 5.74) is 1.88. The fraction of sp³-hybridized carbons (Fsp3) is 0.467. The maximum absolute atomic E-state index is 12.1. The van der Waals surface area contributed by atoms with Crippen LogP contribution in [0, 0.1) is 16.4 Å². The van der Waals surface area contributed by atoms with Gasteiger partial charge < -0.3 is 10.4 Å². The Bertz CT molecular complexity index is 540. The average Bonchev–Trinajstić information content (AvgIpc) is 2.42. The van der Waals surface area contributed by atoms with Crippen LogP contribution in [0.15, 0.2) is 18.2 Å². The summed E-state index contributed by atoms with van der Waals surface area (Å²) in [7, 11) is 0. The third kappa shape index (κ3) is 4.67. The molecule has 0 spiro atoms. The van der Waals surface area contributed by atoms with E-state index >= 15 is 0 Å². The van der Waals surface area contributed by atoms with E-state index in [-0.39, 0.29) is 11.8 Å². The summed E-state index contributed by atoms with van der Waals surface area (Å²) in [6.45, 7) is 3.61. The molecule has 1 heterocycles. The summed E-state index contributed by atoms with van der Waals surface area (Å²) < 4.78 is 1.14. The minimum absolute atomic E-state index is 0.0481. The summed E-state index contributed by atoms with van der Waals surface area (Å²) in [5, 5.41) is 11.9. The van der Waals surface area contributed by atoms with Crippen molar-refractivity contribution in [1.29, 1.82) is 0 Å². The summed E-state index contributed by atoms with van der Waals surface area (Å²) in [6, 6.07) is 5.89. The predicted octanol–water partition coefficient (Wildman–Crippen LogP) is 2.33. The number of halogens is 1. The molecule has 1 amide bonds. The van der Waals surface area contributed by atoms with Crippen LogP contribution in [0.5, 0.6) is 0 Å². The van der Waals surface area contributed by atoms with Crippen LogP contribution in [0.4, 0.5) is 5.69 Å². The van der Waals surface area contributed by atoms with Crippen molar-refractivity contribution >= 4 is 40.2 Å². The maximum atomic E-state index is 12.1. The number of nitrogens with one attached hydrogen (secondary N) is 1. The van der Waals surface area contributed by atoms with E-state index in [1.165, 1.54) is 0 Å². The first-order valence-electron chi connectivity index (χ1n) is 6.97. The van der Waals surface area contributed by atoms with Crippen molar-refractivity contribution in [2.75, 3.05) is 25.0 Å². The Morgan fingerprint density at radius 2 is 2.05 bits per heavy atom. The number of anilines is 1. The minimum Gasteiger partial charge on any atom is -0.481 e. The summed E-state index contributed by atoms with van der Waals surface area (Å²) in [5.74, 6) is -1.04. The van der Waals surface area contributed by atoms with Crippen molar-refractivity contribution in [2.45, 2.75) is 19.8 Å². The fourth-order valence-corrected chi connectivity index (χ4v) is 3.15. The fourth-order valence-electron chi connectivity index (χ4n) is 2.50. The van der Waals surface area contributed by atoms with Gasteiger partial charge in [0.2, 0.25) is 5.91 Å². The number of aliphatic carboxylic acids is 1. The molecule has 0 aliphatic carbocycles. The highest BCUT2D eigenvalue weighted by molar-refractivity contribution is 14.1. The summed E-state index contributed by atoms with van der Waals surface area (Å²) >= 11 is 2.24. The van der Waals surface area contributed by atoms with Gasteiger partial charge in [0.25, 0.3) is 0 Å². The number of carboxylic acid groups (broad SMARTS) is 1. The molecule has 1 fully saturated rings. The van der Waals surface area contributed by atoms with Crippen molar-refractivity contribution in [3.8, 4) is 0 Å². The van der Waals surface area contributed by atoms with Gasteiger partial charge in [-0.05, 0) is 79.2 Å². The molecule has 1 saturated heterocycles. The molecule has 0 bridgehead atoms. The molecular formula is C15H19IN2O3. The van der Waals surface area contributed by atoms with E-state index in [1.807, 2.05) is 30.0 Å². The van der Waals surface area contributed by atoms with Gasteiger partial charge >= 0.3 is 5.97 Å². The molecule has 0 unspecified atom stereocenters. The van der Waals surface area contributed by atoms with Gasteiger partial charge in [0, 0.05) is 9.26 Å². The Hall–Kier alpha value is -1.15. The number of carbonyl (C=O) groups excluding carboxylic acids is 1. The van der Waals surface area contributed by atoms with Crippen LogP contribution in [0.25, 0.3) is 0 Å². The van der Waals surface area contributed by atoms with Crippen molar-refractivity contribution in [2.24, 2.45) is 5.92 Å². The molecule has 2 rings (SSSR count). The molecule has 2 N–H and O–H groups in total. The Labute approximate surface area is 137 Å². The van der Waals surface area contributed by atoms with E-state index in [0.717, 1.165) is 14.8 Å². The topological polar surface area (TPSA) is 69.6 Å². The van der Waals surface area contributed by atoms with Crippen LogP contribution in [-0.2, 0) is 9.59 Å². The Kier molecular flexibility index (Phi) is 5.58. The molecule has 0 radical (unpaired) electrons. The highest BCUT2D eigenvalue weighted by Gasteiger charge is 2.25. The molecule has 1 aromatic rings. The smallest absolute Gasteiger partial charge is 0.306 e. The second kappa shape index (κ2) is 7.22. The first-order valence-corrected chi connectivity index (χ1v) is 8.05. The number of carboxylic acids is 1. The maximum Gasteiger partial charge on any atom is 0.306 e. The third-order valence-corrected chi connectivity index (χ3v) is 4.44. The molecule has 1 aromatic carbocycles. The zero-order valence-corrected chi connectivity index (χ0v) is 14.1. The van der Waals surface area contributed by atoms with Crippen molar-refractivity contribution in [3.05, 3.63) is 27.3 Å². The number of benzene rings is 1. The number of likely N-dealkylation sites (tertiary alicyclic amines) is 1. The molecule has 21 heavy (non-hydrogen) atoms. The second-order valence-electron chi connectivity index (χ2n) is 5.40. The van der Waals surface area contributed by atoms with E-state index in [2.05, 4.69) is 27.9 Å². The van der Waals surface area contributed by atoms with Gasteiger partial charge in [0.05, 0.1) is 12.5 Å². The summed E-state index contributed by atoms with van der Waals surface area (Å²) in [4.78, 5) is 25.0. The molecule has 0 aromatic heterocycles. The zero-order valence-electron chi connectivity index (χ0n) is 11.9. The van der Waals surface area contributed by atoms with Gasteiger partial charge in [-0.1, -0.05) is 0 Å². The minimum atomic E-state index is -0.728. The van der Waals surface area contributed by atoms with Crippen LogP contribution < -0.4 is 5.32 Å². The van der Waals surface area contributed by atoms with Gasteiger partial charge in [-0.3, -0.25) is 14.5 Å². The molecule has 1 aliphatic rings. The van der Waals surface area contributed by atoms with E-state index in [1.54, 1.807) is 0 Å². The quantitative estimate of drug-likeness (QED) is 0.759. The van der Waals surface area contributed by atoms with Crippen LogP contribution in [-0.4, -0.2) is 41.5 Å². The lowest BCUT2D eigenvalue weighted by atomic mass is 9.97. The molecule has 0 atom stereocenters. The van der Waals surface area contributed by atoms with E-state index in [0.29, 0.717) is 32.5 Å². The first-order chi connectivity index (χ1) is 9.95. The Balaban J connectivity index is 1.84. The number of amides is 1. The summed E-state index contributed by atoms with van der Waals surface area (Å²) in [6.07, 6.45) is 1.23. The molecule has 0 saturated carbocycles. The molecule has 6 heteroatoms. The molecule has 114 valence electrons. The SMILES string of the molecule is Cc1cc(I)ccc1NC(=O)CN1CCC(C(=O)O)CC1. The average molecular weight is 402 g/mol. The Morgan fingerprint density at radius 3 is 2.62 bits per heavy atom. The van der Waals surface area contributed by atoms with Crippen molar-refractivity contribution < 1.29 is 14.7 Å². The lowest BCUT2D eigenvalue weighted by Crippen LogP contribution is -2.40. The highest BCUT2D eigenvalue weighted by atomic mass is 127. The highest BCUT2D eigenvalue weighted by Crippen LogP contribution is 2.19. The van der Waals surface area contributed by atoms with E-state index in [9.17, 15) is 9.59 Å². The lowest BCUT2D eigenvalue weighted by molar-refractivity contribution is -0.143. The van der Waals surface area contributed by atoms with Crippen LogP contribution in [0.3, 0.4) is 0 Å². The van der Waals surface area contributed by atoms with Gasteiger partial charge in [-0.2, -0.15) is 0 Å². The monoisotopic (exact) mass is 402 g/mol. The third-order valence-electron chi connectivity index (χ3n) is 3.77. The Morgan fingerprint density at radius 1 is 1.38 bits per heavy atom. The van der Waals surface area contributed by atoms with Crippen LogP contribution in [0.2, 0.25) is 0 Å². The van der Waals surface area contributed by atoms with Gasteiger partial charge in [-0.15, -0.1) is 0 Å². The number of hydrogen-bond donors (Lipinski definition) is 2. The standard InChI is InChI=1S/C15H19IN2O3/c1-10-8-12(16)2-3-13(10)17-14(19)9-18-6-4-11(5-7-18)15(20)21/h2-3,8,11H,4-7,9H2,1H3,(H,17,19)(H,20,21). The van der Waals surface area contributed by atoms with Crippen molar-refractivity contribution in [3.63, 3.8) is 0 Å². The largest absolute Gasteiger partial charge is 0.481 e. The first kappa shape index (κ1) is 16.2. The number of rotatable bonds is 4. The van der Waals surface area contributed by atoms with Gasteiger partial charge in [0.15, 0.2) is 0 Å². The normalized spacial score (nSPS) is 16.7. The van der Waals surface area contributed by atoms with Crippen molar-refractivity contribution in [1.82, 2.24) is 4.90 Å². The number of carbonyl (C=O) groups is 2. The van der Waals surface area contributed by atoms with Crippen LogP contribution >= 0.6 is 22.6 Å². The predicted molar refractivity (Wildman–Crippen MR) is 89.3 cm³/mol. The van der Waals surface area contributed by atoms with Crippen LogP contribution in [0.1, 0.15) is 18.4 Å². The number of hydrogen-bond acceptors (Lipinski definition) is 3. The number of piperidine rings is 1. The second-order valence-corrected chi connectivity index (χ2v) is 6.64. The number of aryl methyl sites for hydroxylation is 1. The van der Waals surface area contributed by atoms with Gasteiger partial charge in [0.1, 0.15) is 0 Å². The lowest BCUT2D eigenvalue weighted by Gasteiger charge is -2.29. The molecular weight excluding hydrogens is 383 g/mol. The van der Waals surface area contributed by atoms with E-state index in [4.69, 9.17) is 5.11 Å². The zero-order chi connectivity index (χ0) is 15.4. The van der Waals surface area contributed by atoms with E-state index < -0.39 is 5.97 Å². The van der Waals surface area contributed by atoms with Gasteiger partial charge in [-0.25, -0.2) is 0 Å².